The molecule has 4 nitrogen and oxygen atoms in total. The zero-order valence-corrected chi connectivity index (χ0v) is 14.4. The Balaban J connectivity index is 1.90. The summed E-state index contributed by atoms with van der Waals surface area (Å²) in [6.45, 7) is 6.90. The third kappa shape index (κ3) is 3.04. The topological polar surface area (TPSA) is 53.4 Å². The molecule has 1 aromatic rings. The van der Waals surface area contributed by atoms with E-state index < -0.39 is 17.8 Å². The molecule has 1 fully saturated rings. The van der Waals surface area contributed by atoms with Crippen molar-refractivity contribution < 1.29 is 18.7 Å². The molecule has 0 unspecified atom stereocenters. The third-order valence-electron chi connectivity index (χ3n) is 5.49. The maximum absolute atomic E-state index is 13.7. The van der Waals surface area contributed by atoms with E-state index in [1.54, 1.807) is 13.0 Å². The number of aromatic carboxylic acids is 1. The minimum absolute atomic E-state index is 0.0501. The van der Waals surface area contributed by atoms with Crippen molar-refractivity contribution >= 4 is 5.97 Å². The van der Waals surface area contributed by atoms with Gasteiger partial charge in [-0.1, -0.05) is 20.8 Å². The second-order valence-electron chi connectivity index (χ2n) is 7.83. The molecule has 1 aliphatic carbocycles. The van der Waals surface area contributed by atoms with E-state index >= 15 is 0 Å². The van der Waals surface area contributed by atoms with E-state index in [0.29, 0.717) is 19.6 Å². The largest absolute Gasteiger partial charge is 0.477 e. The van der Waals surface area contributed by atoms with Gasteiger partial charge >= 0.3 is 5.97 Å². The molecule has 24 heavy (non-hydrogen) atoms. The van der Waals surface area contributed by atoms with Crippen LogP contribution in [0.1, 0.15) is 60.9 Å². The molecule has 132 valence electrons. The van der Waals surface area contributed by atoms with Crippen LogP contribution in [0, 0.1) is 5.92 Å². The van der Waals surface area contributed by atoms with E-state index in [2.05, 4.69) is 18.8 Å². The van der Waals surface area contributed by atoms with Crippen molar-refractivity contribution in [2.24, 2.45) is 5.92 Å². The summed E-state index contributed by atoms with van der Waals surface area (Å²) in [6.07, 6.45) is 1.66. The molecule has 1 N–H and O–H groups in total. The highest BCUT2D eigenvalue weighted by Gasteiger charge is 2.41. The fraction of sp³-hybridized carbons (Fsp3) is 0.667. The van der Waals surface area contributed by atoms with E-state index in [1.165, 1.54) is 0 Å². The number of carboxylic acids is 1. The molecular weight excluding hydrogens is 314 g/mol. The van der Waals surface area contributed by atoms with Gasteiger partial charge in [-0.25, -0.2) is 18.6 Å². The molecule has 2 aliphatic rings. The van der Waals surface area contributed by atoms with Crippen LogP contribution in [0.25, 0.3) is 0 Å². The molecule has 1 aliphatic heterocycles. The van der Waals surface area contributed by atoms with Gasteiger partial charge in [0.2, 0.25) is 0 Å². The molecule has 0 amide bonds. The fourth-order valence-electron chi connectivity index (χ4n) is 3.82. The van der Waals surface area contributed by atoms with Crippen LogP contribution in [0.15, 0.2) is 6.07 Å². The molecule has 0 aromatic carbocycles. The zero-order valence-electron chi connectivity index (χ0n) is 14.4. The highest BCUT2D eigenvalue weighted by molar-refractivity contribution is 5.85. The summed E-state index contributed by atoms with van der Waals surface area (Å²) in [7, 11) is 0. The predicted octanol–water partition coefficient (Wildman–Crippen LogP) is 3.48. The van der Waals surface area contributed by atoms with Crippen molar-refractivity contribution in [2.45, 2.75) is 57.9 Å². The smallest absolute Gasteiger partial charge is 0.354 e. The third-order valence-corrected chi connectivity index (χ3v) is 5.49. The lowest BCUT2D eigenvalue weighted by atomic mass is 9.89. The van der Waals surface area contributed by atoms with E-state index in [4.69, 9.17) is 0 Å². The molecule has 2 heterocycles. The number of piperidine rings is 1. The monoisotopic (exact) mass is 338 g/mol. The Labute approximate surface area is 140 Å². The quantitative estimate of drug-likeness (QED) is 0.917. The highest BCUT2D eigenvalue weighted by Crippen LogP contribution is 2.40. The summed E-state index contributed by atoms with van der Waals surface area (Å²) in [6, 6.07) is 1.62. The van der Waals surface area contributed by atoms with Crippen molar-refractivity contribution in [3.05, 3.63) is 28.6 Å². The lowest BCUT2D eigenvalue weighted by molar-refractivity contribution is -0.100. The van der Waals surface area contributed by atoms with Crippen molar-refractivity contribution in [3.63, 3.8) is 0 Å². The van der Waals surface area contributed by atoms with Gasteiger partial charge in [-0.2, -0.15) is 0 Å². The van der Waals surface area contributed by atoms with Crippen LogP contribution in [0.4, 0.5) is 8.78 Å². The number of halogens is 2. The average Bonchev–Trinajstić information content (AvgIpc) is 2.79. The number of fused-ring (bicyclic) bond motifs is 1. The maximum Gasteiger partial charge on any atom is 0.354 e. The first kappa shape index (κ1) is 17.3. The molecule has 6 heteroatoms. The van der Waals surface area contributed by atoms with E-state index in [-0.39, 0.29) is 17.5 Å². The Kier molecular flexibility index (Phi) is 4.14. The Morgan fingerprint density at radius 2 is 2.12 bits per heavy atom. The Morgan fingerprint density at radius 1 is 1.42 bits per heavy atom. The van der Waals surface area contributed by atoms with Crippen LogP contribution in [0.5, 0.6) is 0 Å². The summed E-state index contributed by atoms with van der Waals surface area (Å²) in [5.74, 6) is -4.33. The van der Waals surface area contributed by atoms with Crippen LogP contribution in [0.3, 0.4) is 0 Å². The van der Waals surface area contributed by atoms with Gasteiger partial charge < -0.3 is 5.11 Å². The summed E-state index contributed by atoms with van der Waals surface area (Å²) in [5, 5.41) is 9.35. The Hall–Kier alpha value is -1.56. The van der Waals surface area contributed by atoms with E-state index in [9.17, 15) is 18.7 Å². The number of carboxylic acid groups (broad SMARTS) is 1. The SMILES string of the molecule is C[C@@H]1CN(Cc2cc(C(=O)O)nc3c2CCC3(C)C)CCC1(F)F. The number of rotatable bonds is 3. The van der Waals surface area contributed by atoms with Gasteiger partial charge in [-0.05, 0) is 30.0 Å². The van der Waals surface area contributed by atoms with Crippen LogP contribution >= 0.6 is 0 Å². The van der Waals surface area contributed by atoms with Crippen LogP contribution in [0.2, 0.25) is 0 Å². The van der Waals surface area contributed by atoms with Crippen molar-refractivity contribution in [1.82, 2.24) is 9.88 Å². The van der Waals surface area contributed by atoms with Gasteiger partial charge in [0.1, 0.15) is 5.69 Å². The highest BCUT2D eigenvalue weighted by atomic mass is 19.3. The van der Waals surface area contributed by atoms with Crippen molar-refractivity contribution in [1.29, 1.82) is 0 Å². The van der Waals surface area contributed by atoms with Gasteiger partial charge in [0, 0.05) is 37.4 Å². The molecule has 1 saturated heterocycles. The molecule has 1 atom stereocenters. The molecule has 3 rings (SSSR count). The van der Waals surface area contributed by atoms with Crippen LogP contribution in [-0.4, -0.2) is 40.0 Å². The van der Waals surface area contributed by atoms with E-state index in [0.717, 1.165) is 29.7 Å². The molecule has 1 aromatic heterocycles. The molecule has 0 spiro atoms. The minimum atomic E-state index is -2.61. The summed E-state index contributed by atoms with van der Waals surface area (Å²) in [5.41, 5.74) is 2.80. The number of hydrogen-bond acceptors (Lipinski definition) is 3. The second kappa shape index (κ2) is 5.76. The molecule has 0 saturated carbocycles. The fourth-order valence-corrected chi connectivity index (χ4v) is 3.82. The summed E-state index contributed by atoms with van der Waals surface area (Å²) in [4.78, 5) is 17.8. The number of alkyl halides is 2. The van der Waals surface area contributed by atoms with Gasteiger partial charge in [0.05, 0.1) is 5.69 Å². The number of hydrogen-bond donors (Lipinski definition) is 1. The normalized spacial score (nSPS) is 25.5. The molecular formula is C18H24F2N2O2. The summed E-state index contributed by atoms with van der Waals surface area (Å²) >= 11 is 0. The predicted molar refractivity (Wildman–Crippen MR) is 86.5 cm³/mol. The van der Waals surface area contributed by atoms with Gasteiger partial charge in [0.25, 0.3) is 5.92 Å². The van der Waals surface area contributed by atoms with Crippen molar-refractivity contribution in [2.75, 3.05) is 13.1 Å². The molecule has 0 bridgehead atoms. The lowest BCUT2D eigenvalue weighted by Gasteiger charge is -2.37. The standard InChI is InChI=1S/C18H24F2N2O2/c1-11-9-22(7-6-18(11,19)20)10-12-8-14(16(23)24)21-15-13(12)4-5-17(15,2)3/h8,11H,4-7,9-10H2,1-3H3,(H,23,24)/t11-/m1/s1. The number of pyridine rings is 1. The first-order valence-corrected chi connectivity index (χ1v) is 8.47. The minimum Gasteiger partial charge on any atom is -0.477 e. The number of aromatic nitrogens is 1. The number of nitrogens with zero attached hydrogens (tertiary/aromatic N) is 2. The lowest BCUT2D eigenvalue weighted by Crippen LogP contribution is -2.45. The van der Waals surface area contributed by atoms with Crippen LogP contribution < -0.4 is 0 Å². The molecule has 0 radical (unpaired) electrons. The van der Waals surface area contributed by atoms with Gasteiger partial charge in [0.15, 0.2) is 0 Å². The first-order chi connectivity index (χ1) is 11.1. The number of likely N-dealkylation sites (tertiary alicyclic amines) is 1. The second-order valence-corrected chi connectivity index (χ2v) is 7.83. The van der Waals surface area contributed by atoms with Gasteiger partial charge in [-0.3, -0.25) is 4.90 Å². The Morgan fingerprint density at radius 3 is 2.75 bits per heavy atom. The Bertz CT molecular complexity index is 673. The average molecular weight is 338 g/mol. The number of carbonyl (C=O) groups is 1. The van der Waals surface area contributed by atoms with Crippen molar-refractivity contribution in [3.8, 4) is 0 Å². The first-order valence-electron chi connectivity index (χ1n) is 8.47. The van der Waals surface area contributed by atoms with Gasteiger partial charge in [-0.15, -0.1) is 0 Å². The maximum atomic E-state index is 13.7. The van der Waals surface area contributed by atoms with Crippen LogP contribution in [-0.2, 0) is 18.4 Å². The van der Waals surface area contributed by atoms with E-state index in [1.807, 2.05) is 4.90 Å². The zero-order chi connectivity index (χ0) is 17.7. The summed E-state index contributed by atoms with van der Waals surface area (Å²) < 4.78 is 27.4.